The number of hydrogen-bond acceptors (Lipinski definition) is 5. The molecule has 0 spiro atoms. The average molecular weight is 448 g/mol. The lowest BCUT2D eigenvalue weighted by Gasteiger charge is -2.30. The first-order chi connectivity index (χ1) is 14.8. The number of carbonyl (C=O) groups is 1. The van der Waals surface area contributed by atoms with Crippen LogP contribution >= 0.6 is 0 Å². The van der Waals surface area contributed by atoms with Crippen LogP contribution in [-0.2, 0) is 21.8 Å². The Hall–Kier alpha value is -2.23. The molecule has 2 aromatic rings. The van der Waals surface area contributed by atoms with Gasteiger partial charge in [-0.1, -0.05) is 19.3 Å². The van der Waals surface area contributed by atoms with Gasteiger partial charge < -0.3 is 14.2 Å². The number of sulfonamides is 1. The van der Waals surface area contributed by atoms with Crippen LogP contribution < -0.4 is 5.43 Å². The van der Waals surface area contributed by atoms with Gasteiger partial charge in [-0.3, -0.25) is 9.59 Å². The average Bonchev–Trinajstić information content (AvgIpc) is 2.81. The number of ether oxygens (including phenoxy) is 1. The number of nitrogens with zero attached hydrogens (tertiary/aromatic N) is 3. The van der Waals surface area contributed by atoms with E-state index in [9.17, 15) is 18.0 Å². The van der Waals surface area contributed by atoms with Crippen LogP contribution in [0.15, 0.2) is 34.1 Å². The van der Waals surface area contributed by atoms with Gasteiger partial charge in [0.05, 0.1) is 23.6 Å². The van der Waals surface area contributed by atoms with Gasteiger partial charge in [0.15, 0.2) is 0 Å². The third kappa shape index (κ3) is 4.14. The SMILES string of the molecule is CN(C1CCCCC1)S(=O)(=O)c1ccc2c(c1)c(=O)c(C(=O)N1CCOCC1)cn2C. The number of morpholine rings is 1. The zero-order valence-corrected chi connectivity index (χ0v) is 18.9. The number of carbonyl (C=O) groups excluding carboxylic acids is 1. The Morgan fingerprint density at radius 2 is 1.81 bits per heavy atom. The molecule has 0 unspecified atom stereocenters. The molecule has 168 valence electrons. The monoisotopic (exact) mass is 447 g/mol. The second-order valence-corrected chi connectivity index (χ2v) is 10.4. The summed E-state index contributed by atoms with van der Waals surface area (Å²) in [5.74, 6) is -0.349. The van der Waals surface area contributed by atoms with Crippen molar-refractivity contribution in [2.45, 2.75) is 43.0 Å². The maximum atomic E-state index is 13.3. The van der Waals surface area contributed by atoms with E-state index in [0.29, 0.717) is 31.8 Å². The van der Waals surface area contributed by atoms with Gasteiger partial charge in [-0.25, -0.2) is 8.42 Å². The summed E-state index contributed by atoms with van der Waals surface area (Å²) in [5, 5.41) is 0.236. The van der Waals surface area contributed by atoms with E-state index < -0.39 is 15.5 Å². The lowest BCUT2D eigenvalue weighted by Crippen LogP contribution is -2.42. The highest BCUT2D eigenvalue weighted by Gasteiger charge is 2.30. The molecule has 8 nitrogen and oxygen atoms in total. The van der Waals surface area contributed by atoms with E-state index in [1.165, 1.54) is 16.6 Å². The molecule has 2 heterocycles. The van der Waals surface area contributed by atoms with Crippen LogP contribution in [0, 0.1) is 0 Å². The maximum Gasteiger partial charge on any atom is 0.259 e. The molecule has 0 bridgehead atoms. The number of pyridine rings is 1. The summed E-state index contributed by atoms with van der Waals surface area (Å²) >= 11 is 0. The third-order valence-corrected chi connectivity index (χ3v) is 8.36. The molecular weight excluding hydrogens is 418 g/mol. The van der Waals surface area contributed by atoms with Crippen LogP contribution in [0.4, 0.5) is 0 Å². The van der Waals surface area contributed by atoms with Crippen LogP contribution in [0.1, 0.15) is 42.5 Å². The van der Waals surface area contributed by atoms with Crippen molar-refractivity contribution in [3.05, 3.63) is 40.2 Å². The molecule has 1 saturated carbocycles. The Labute approximate surface area is 182 Å². The van der Waals surface area contributed by atoms with Crippen molar-refractivity contribution >= 4 is 26.8 Å². The molecule has 1 aromatic heterocycles. The molecule has 31 heavy (non-hydrogen) atoms. The minimum absolute atomic E-state index is 0.0217. The minimum atomic E-state index is -3.74. The summed E-state index contributed by atoms with van der Waals surface area (Å²) in [6.07, 6.45) is 6.42. The number of fused-ring (bicyclic) bond motifs is 1. The first kappa shape index (κ1) is 22.0. The fourth-order valence-corrected chi connectivity index (χ4v) is 5.97. The number of amides is 1. The summed E-state index contributed by atoms with van der Waals surface area (Å²) < 4.78 is 35.0. The van der Waals surface area contributed by atoms with Crippen LogP contribution in [0.5, 0.6) is 0 Å². The number of rotatable bonds is 4. The molecule has 4 rings (SSSR count). The Kier molecular flexibility index (Phi) is 6.18. The standard InChI is InChI=1S/C22H29N3O5S/c1-23-15-19(22(27)25-10-12-30-13-11-25)21(26)18-14-17(8-9-20(18)23)31(28,29)24(2)16-6-4-3-5-7-16/h8-9,14-16H,3-7,10-13H2,1-2H3. The van der Waals surface area contributed by atoms with Gasteiger partial charge in [-0.15, -0.1) is 0 Å². The Morgan fingerprint density at radius 3 is 2.48 bits per heavy atom. The second-order valence-electron chi connectivity index (χ2n) is 8.38. The van der Waals surface area contributed by atoms with Crippen molar-refractivity contribution in [1.29, 1.82) is 0 Å². The van der Waals surface area contributed by atoms with Crippen molar-refractivity contribution in [3.8, 4) is 0 Å². The molecule has 0 atom stereocenters. The van der Waals surface area contributed by atoms with Gasteiger partial charge in [0.2, 0.25) is 15.5 Å². The van der Waals surface area contributed by atoms with Crippen molar-refractivity contribution in [1.82, 2.24) is 13.8 Å². The largest absolute Gasteiger partial charge is 0.378 e. The maximum absolute atomic E-state index is 13.3. The van der Waals surface area contributed by atoms with Gasteiger partial charge in [0, 0.05) is 44.8 Å². The summed E-state index contributed by atoms with van der Waals surface area (Å²) in [6.45, 7) is 1.74. The molecule has 1 aliphatic carbocycles. The molecule has 1 saturated heterocycles. The lowest BCUT2D eigenvalue weighted by atomic mass is 9.96. The first-order valence-corrected chi connectivity index (χ1v) is 12.2. The number of benzene rings is 1. The summed E-state index contributed by atoms with van der Waals surface area (Å²) in [5.41, 5.74) is 0.192. The molecule has 2 fully saturated rings. The number of hydrogen-bond donors (Lipinski definition) is 0. The zero-order valence-electron chi connectivity index (χ0n) is 18.0. The molecule has 9 heteroatoms. The quantitative estimate of drug-likeness (QED) is 0.715. The van der Waals surface area contributed by atoms with Crippen LogP contribution in [0.2, 0.25) is 0 Å². The lowest BCUT2D eigenvalue weighted by molar-refractivity contribution is 0.0301. The number of aromatic nitrogens is 1. The highest BCUT2D eigenvalue weighted by Crippen LogP contribution is 2.27. The van der Waals surface area contributed by atoms with Gasteiger partial charge in [0.1, 0.15) is 5.56 Å². The van der Waals surface area contributed by atoms with E-state index in [0.717, 1.165) is 32.1 Å². The predicted octanol–water partition coefficient (Wildman–Crippen LogP) is 1.96. The van der Waals surface area contributed by atoms with Gasteiger partial charge in [-0.05, 0) is 31.0 Å². The molecule has 1 aromatic carbocycles. The van der Waals surface area contributed by atoms with E-state index in [-0.39, 0.29) is 27.8 Å². The summed E-state index contributed by atoms with van der Waals surface area (Å²) in [4.78, 5) is 27.8. The van der Waals surface area contributed by atoms with Crippen LogP contribution in [0.25, 0.3) is 10.9 Å². The molecule has 0 N–H and O–H groups in total. The molecule has 1 aliphatic heterocycles. The zero-order chi connectivity index (χ0) is 22.2. The number of aryl methyl sites for hydroxylation is 1. The Balaban J connectivity index is 1.74. The van der Waals surface area contributed by atoms with E-state index in [2.05, 4.69) is 0 Å². The second kappa shape index (κ2) is 8.72. The molecular formula is C22H29N3O5S. The fraction of sp³-hybridized carbons (Fsp3) is 0.545. The predicted molar refractivity (Wildman–Crippen MR) is 118 cm³/mol. The topological polar surface area (TPSA) is 88.9 Å². The molecule has 0 radical (unpaired) electrons. The first-order valence-electron chi connectivity index (χ1n) is 10.8. The highest BCUT2D eigenvalue weighted by atomic mass is 32.2. The Bertz CT molecular complexity index is 1150. The van der Waals surface area contributed by atoms with E-state index in [1.54, 1.807) is 35.7 Å². The minimum Gasteiger partial charge on any atom is -0.378 e. The van der Waals surface area contributed by atoms with E-state index in [1.807, 2.05) is 0 Å². The third-order valence-electron chi connectivity index (χ3n) is 6.45. The van der Waals surface area contributed by atoms with Crippen molar-refractivity contribution < 1.29 is 17.9 Å². The van der Waals surface area contributed by atoms with E-state index in [4.69, 9.17) is 4.74 Å². The van der Waals surface area contributed by atoms with Gasteiger partial charge in [-0.2, -0.15) is 4.31 Å². The molecule has 1 amide bonds. The fourth-order valence-electron chi connectivity index (χ4n) is 4.53. The molecule has 2 aliphatic rings. The van der Waals surface area contributed by atoms with Crippen molar-refractivity contribution in [2.75, 3.05) is 33.4 Å². The van der Waals surface area contributed by atoms with Crippen LogP contribution in [-0.4, -0.2) is 67.5 Å². The van der Waals surface area contributed by atoms with Gasteiger partial charge >= 0.3 is 0 Å². The van der Waals surface area contributed by atoms with Crippen molar-refractivity contribution in [2.24, 2.45) is 7.05 Å². The Morgan fingerprint density at radius 1 is 1.13 bits per heavy atom. The highest BCUT2D eigenvalue weighted by molar-refractivity contribution is 7.89. The van der Waals surface area contributed by atoms with E-state index >= 15 is 0 Å². The smallest absolute Gasteiger partial charge is 0.259 e. The van der Waals surface area contributed by atoms with Gasteiger partial charge in [0.25, 0.3) is 5.91 Å². The summed E-state index contributed by atoms with van der Waals surface area (Å²) in [6, 6.07) is 4.58. The van der Waals surface area contributed by atoms with Crippen LogP contribution in [0.3, 0.4) is 0 Å². The van der Waals surface area contributed by atoms with Crippen molar-refractivity contribution in [3.63, 3.8) is 0 Å². The summed E-state index contributed by atoms with van der Waals surface area (Å²) in [7, 11) is -0.373. The normalized spacial score (nSPS) is 18.6.